The van der Waals surface area contributed by atoms with Gasteiger partial charge in [-0.05, 0) is 54.8 Å². The molecule has 1 aliphatic rings. The molecule has 1 amide bonds. The zero-order valence-electron chi connectivity index (χ0n) is 21.7. The van der Waals surface area contributed by atoms with E-state index in [4.69, 9.17) is 13.9 Å². The van der Waals surface area contributed by atoms with Crippen LogP contribution in [0.25, 0.3) is 11.0 Å². The number of ketones is 1. The number of amides is 1. The minimum absolute atomic E-state index is 0.00168. The van der Waals surface area contributed by atoms with Gasteiger partial charge in [-0.3, -0.25) is 14.5 Å². The topological polar surface area (TPSA) is 89.2 Å². The molecule has 0 fully saturated rings. The van der Waals surface area contributed by atoms with Gasteiger partial charge in [0, 0.05) is 11.1 Å². The molecule has 1 aliphatic heterocycles. The van der Waals surface area contributed by atoms with E-state index in [9.17, 15) is 14.7 Å². The van der Waals surface area contributed by atoms with Crippen molar-refractivity contribution in [1.82, 2.24) is 0 Å². The fraction of sp³-hybridized carbons (Fsp3) is 0.226. The number of Topliss-reactive ketones (excluding diaryl/α,β-unsaturated/α-hetero) is 1. The molecule has 3 aromatic carbocycles. The number of methoxy groups -OCH3 is 1. The standard InChI is InChI=1S/C31H29NO6/c1-18(2)17-37-23-9-5-7-20(15-23)27-26(29(34)31(35)32(27)22-13-11-19(3)12-14-22)28(33)25-16-21-8-6-10-24(36-4)30(21)38-25/h5-16,18,27,34H,17H2,1-4H3. The Kier molecular flexibility index (Phi) is 6.68. The summed E-state index contributed by atoms with van der Waals surface area (Å²) in [7, 11) is 1.52. The fourth-order valence-corrected chi connectivity index (χ4v) is 4.60. The number of para-hydroxylation sites is 1. The molecule has 1 unspecified atom stereocenters. The van der Waals surface area contributed by atoms with Gasteiger partial charge in [-0.15, -0.1) is 0 Å². The molecule has 38 heavy (non-hydrogen) atoms. The SMILES string of the molecule is COc1cccc2cc(C(=O)C3=C(O)C(=O)N(c4ccc(C)cc4)C3c3cccc(OCC(C)C)c3)oc12. The molecule has 1 atom stereocenters. The van der Waals surface area contributed by atoms with Crippen molar-refractivity contribution in [2.75, 3.05) is 18.6 Å². The largest absolute Gasteiger partial charge is 0.503 e. The second-order valence-electron chi connectivity index (χ2n) is 9.77. The van der Waals surface area contributed by atoms with Crippen molar-refractivity contribution in [2.45, 2.75) is 26.8 Å². The minimum atomic E-state index is -0.893. The van der Waals surface area contributed by atoms with Gasteiger partial charge in [-0.1, -0.05) is 55.8 Å². The van der Waals surface area contributed by atoms with Gasteiger partial charge in [0.05, 0.1) is 25.3 Å². The predicted octanol–water partition coefficient (Wildman–Crippen LogP) is 6.57. The van der Waals surface area contributed by atoms with Crippen molar-refractivity contribution >= 4 is 28.3 Å². The Labute approximate surface area is 220 Å². The first-order valence-electron chi connectivity index (χ1n) is 12.5. The maximum atomic E-state index is 13.9. The molecular formula is C31H29NO6. The number of aliphatic hydroxyl groups excluding tert-OH is 1. The molecule has 0 saturated carbocycles. The summed E-state index contributed by atoms with van der Waals surface area (Å²) in [5.41, 5.74) is 2.56. The molecule has 7 nitrogen and oxygen atoms in total. The highest BCUT2D eigenvalue weighted by atomic mass is 16.5. The van der Waals surface area contributed by atoms with Crippen LogP contribution in [0.5, 0.6) is 11.5 Å². The Morgan fingerprint density at radius 1 is 1.05 bits per heavy atom. The highest BCUT2D eigenvalue weighted by Crippen LogP contribution is 2.43. The number of fused-ring (bicyclic) bond motifs is 1. The van der Waals surface area contributed by atoms with Crippen LogP contribution < -0.4 is 14.4 Å². The van der Waals surface area contributed by atoms with E-state index in [1.165, 1.54) is 12.0 Å². The number of furan rings is 1. The van der Waals surface area contributed by atoms with E-state index in [1.54, 1.807) is 42.5 Å². The third kappa shape index (κ3) is 4.52. The average molecular weight is 512 g/mol. The number of rotatable bonds is 8. The van der Waals surface area contributed by atoms with Gasteiger partial charge < -0.3 is 19.0 Å². The lowest BCUT2D eigenvalue weighted by atomic mass is 9.94. The van der Waals surface area contributed by atoms with E-state index < -0.39 is 23.5 Å². The maximum Gasteiger partial charge on any atom is 0.294 e. The number of ether oxygens (including phenoxy) is 2. The van der Waals surface area contributed by atoms with Gasteiger partial charge in [-0.2, -0.15) is 0 Å². The van der Waals surface area contributed by atoms with Crippen LogP contribution in [0.3, 0.4) is 0 Å². The molecule has 0 spiro atoms. The van der Waals surface area contributed by atoms with E-state index in [2.05, 4.69) is 13.8 Å². The van der Waals surface area contributed by atoms with Gasteiger partial charge in [0.2, 0.25) is 5.78 Å². The number of nitrogens with zero attached hydrogens (tertiary/aromatic N) is 1. The number of carbonyl (C=O) groups excluding carboxylic acids is 2. The number of hydrogen-bond donors (Lipinski definition) is 1. The lowest BCUT2D eigenvalue weighted by Crippen LogP contribution is -2.31. The molecule has 4 aromatic rings. The molecule has 0 bridgehead atoms. The van der Waals surface area contributed by atoms with Gasteiger partial charge in [-0.25, -0.2) is 0 Å². The molecule has 0 aliphatic carbocycles. The zero-order chi connectivity index (χ0) is 27.0. The number of hydrogen-bond acceptors (Lipinski definition) is 6. The second-order valence-corrected chi connectivity index (χ2v) is 9.77. The summed E-state index contributed by atoms with van der Waals surface area (Å²) >= 11 is 0. The van der Waals surface area contributed by atoms with Crippen LogP contribution in [0.15, 0.2) is 88.5 Å². The minimum Gasteiger partial charge on any atom is -0.503 e. The van der Waals surface area contributed by atoms with E-state index >= 15 is 0 Å². The average Bonchev–Trinajstić information content (AvgIpc) is 3.47. The normalized spacial score (nSPS) is 15.6. The zero-order valence-corrected chi connectivity index (χ0v) is 21.7. The number of benzene rings is 3. The Bertz CT molecular complexity index is 1550. The summed E-state index contributed by atoms with van der Waals surface area (Å²) in [6, 6.07) is 20.6. The summed E-state index contributed by atoms with van der Waals surface area (Å²) in [6.07, 6.45) is 0. The first kappa shape index (κ1) is 25.1. The highest BCUT2D eigenvalue weighted by molar-refractivity contribution is 6.20. The Balaban J connectivity index is 1.63. The van der Waals surface area contributed by atoms with Crippen molar-refractivity contribution in [2.24, 2.45) is 5.92 Å². The molecule has 194 valence electrons. The molecule has 7 heteroatoms. The molecule has 1 aromatic heterocycles. The van der Waals surface area contributed by atoms with Crippen molar-refractivity contribution in [3.05, 3.63) is 101 Å². The van der Waals surface area contributed by atoms with Crippen LogP contribution >= 0.6 is 0 Å². The molecule has 0 radical (unpaired) electrons. The molecule has 1 N–H and O–H groups in total. The summed E-state index contributed by atoms with van der Waals surface area (Å²) in [5, 5.41) is 11.8. The van der Waals surface area contributed by atoms with Gasteiger partial charge >= 0.3 is 0 Å². The quantitative estimate of drug-likeness (QED) is 0.269. The van der Waals surface area contributed by atoms with Crippen molar-refractivity contribution in [1.29, 1.82) is 0 Å². The van der Waals surface area contributed by atoms with Gasteiger partial charge in [0.15, 0.2) is 22.9 Å². The monoisotopic (exact) mass is 511 g/mol. The van der Waals surface area contributed by atoms with Crippen LogP contribution in [-0.2, 0) is 4.79 Å². The van der Waals surface area contributed by atoms with Crippen molar-refractivity contribution < 1.29 is 28.6 Å². The van der Waals surface area contributed by atoms with E-state index in [0.29, 0.717) is 46.2 Å². The van der Waals surface area contributed by atoms with E-state index in [-0.39, 0.29) is 11.3 Å². The summed E-state index contributed by atoms with van der Waals surface area (Å²) in [4.78, 5) is 28.8. The Hall–Kier alpha value is -4.52. The lowest BCUT2D eigenvalue weighted by molar-refractivity contribution is -0.117. The molecule has 5 rings (SSSR count). The number of aryl methyl sites for hydroxylation is 1. The first-order valence-corrected chi connectivity index (χ1v) is 12.5. The van der Waals surface area contributed by atoms with Crippen molar-refractivity contribution in [3.8, 4) is 11.5 Å². The highest BCUT2D eigenvalue weighted by Gasteiger charge is 2.45. The molecule has 0 saturated heterocycles. The van der Waals surface area contributed by atoms with E-state index in [0.717, 1.165) is 5.56 Å². The molecular weight excluding hydrogens is 482 g/mol. The van der Waals surface area contributed by atoms with Crippen LogP contribution in [0, 0.1) is 12.8 Å². The Morgan fingerprint density at radius 3 is 2.50 bits per heavy atom. The predicted molar refractivity (Wildman–Crippen MR) is 145 cm³/mol. The third-order valence-corrected chi connectivity index (χ3v) is 6.47. The Morgan fingerprint density at radius 2 is 1.79 bits per heavy atom. The van der Waals surface area contributed by atoms with Crippen LogP contribution in [0.4, 0.5) is 5.69 Å². The van der Waals surface area contributed by atoms with Crippen LogP contribution in [-0.4, -0.2) is 30.5 Å². The summed E-state index contributed by atoms with van der Waals surface area (Å²) in [6.45, 7) is 6.57. The third-order valence-electron chi connectivity index (χ3n) is 6.47. The summed E-state index contributed by atoms with van der Waals surface area (Å²) < 4.78 is 17.2. The fourth-order valence-electron chi connectivity index (χ4n) is 4.60. The van der Waals surface area contributed by atoms with Crippen LogP contribution in [0.1, 0.15) is 41.6 Å². The van der Waals surface area contributed by atoms with Crippen LogP contribution in [0.2, 0.25) is 0 Å². The van der Waals surface area contributed by atoms with Crippen molar-refractivity contribution in [3.63, 3.8) is 0 Å². The van der Waals surface area contributed by atoms with E-state index in [1.807, 2.05) is 37.3 Å². The lowest BCUT2D eigenvalue weighted by Gasteiger charge is -2.27. The summed E-state index contributed by atoms with van der Waals surface area (Å²) in [5.74, 6) is -0.439. The van der Waals surface area contributed by atoms with Gasteiger partial charge in [0.1, 0.15) is 5.75 Å². The number of carbonyl (C=O) groups is 2. The number of anilines is 1. The first-order chi connectivity index (χ1) is 18.3. The number of aliphatic hydroxyl groups is 1. The maximum absolute atomic E-state index is 13.9. The smallest absolute Gasteiger partial charge is 0.294 e. The van der Waals surface area contributed by atoms with Gasteiger partial charge in [0.25, 0.3) is 5.91 Å². The molecule has 2 heterocycles. The second kappa shape index (κ2) is 10.1.